The molecule has 1 heterocycles. The molecule has 10 heavy (non-hydrogen) atoms. The Morgan fingerprint density at radius 3 is 2.60 bits per heavy atom. The first kappa shape index (κ1) is 6.16. The molecule has 2 rings (SSSR count). The second kappa shape index (κ2) is 1.95. The van der Waals surface area contributed by atoms with Gasteiger partial charge in [-0.15, -0.1) is 0 Å². The van der Waals surface area contributed by atoms with Crippen LogP contribution < -0.4 is 5.32 Å². The molecule has 3 atom stereocenters. The quantitative estimate of drug-likeness (QED) is 0.543. The van der Waals surface area contributed by atoms with Crippen LogP contribution in [0.3, 0.4) is 0 Å². The van der Waals surface area contributed by atoms with E-state index in [1.54, 1.807) is 0 Å². The summed E-state index contributed by atoms with van der Waals surface area (Å²) in [6.07, 6.45) is 2.33. The minimum atomic E-state index is -0.674. The largest absolute Gasteiger partial charge is 0.480 e. The van der Waals surface area contributed by atoms with Crippen molar-refractivity contribution in [3.63, 3.8) is 0 Å². The summed E-state index contributed by atoms with van der Waals surface area (Å²) in [5.74, 6) is 0.436. The number of nitrogens with one attached hydrogen (secondary N) is 1. The summed E-state index contributed by atoms with van der Waals surface area (Å²) in [5, 5.41) is 11.7. The lowest BCUT2D eigenvalue weighted by Gasteiger charge is -2.30. The molecule has 3 heteroatoms. The fourth-order valence-electron chi connectivity index (χ4n) is 1.99. The van der Waals surface area contributed by atoms with Crippen molar-refractivity contribution in [2.75, 3.05) is 6.54 Å². The van der Waals surface area contributed by atoms with Gasteiger partial charge in [0.1, 0.15) is 6.04 Å². The van der Waals surface area contributed by atoms with Gasteiger partial charge in [0.25, 0.3) is 0 Å². The van der Waals surface area contributed by atoms with Crippen LogP contribution in [-0.4, -0.2) is 23.7 Å². The summed E-state index contributed by atoms with van der Waals surface area (Å²) < 4.78 is 0. The minimum Gasteiger partial charge on any atom is -0.480 e. The van der Waals surface area contributed by atoms with Gasteiger partial charge < -0.3 is 10.4 Å². The van der Waals surface area contributed by atoms with Crippen molar-refractivity contribution < 1.29 is 9.90 Å². The molecule has 0 aromatic carbocycles. The van der Waals surface area contributed by atoms with Crippen molar-refractivity contribution in [1.82, 2.24) is 5.32 Å². The van der Waals surface area contributed by atoms with E-state index in [0.29, 0.717) is 11.8 Å². The van der Waals surface area contributed by atoms with E-state index < -0.39 is 5.97 Å². The zero-order valence-electron chi connectivity index (χ0n) is 5.71. The highest BCUT2D eigenvalue weighted by atomic mass is 16.4. The summed E-state index contributed by atoms with van der Waals surface area (Å²) in [4.78, 5) is 10.5. The molecule has 0 aromatic rings. The number of fused-ring (bicyclic) bond motifs is 1. The van der Waals surface area contributed by atoms with E-state index in [2.05, 4.69) is 5.32 Å². The maximum absolute atomic E-state index is 10.5. The normalized spacial score (nSPS) is 44.2. The fourth-order valence-corrected chi connectivity index (χ4v) is 1.99. The van der Waals surface area contributed by atoms with Gasteiger partial charge in [-0.05, 0) is 31.2 Å². The molecule has 0 radical (unpaired) electrons. The predicted molar refractivity (Wildman–Crippen MR) is 35.6 cm³/mol. The van der Waals surface area contributed by atoms with Gasteiger partial charge in [0.05, 0.1) is 0 Å². The summed E-state index contributed by atoms with van der Waals surface area (Å²) in [6.45, 7) is 0.918. The van der Waals surface area contributed by atoms with E-state index >= 15 is 0 Å². The van der Waals surface area contributed by atoms with Crippen LogP contribution in [0.25, 0.3) is 0 Å². The lowest BCUT2D eigenvalue weighted by molar-refractivity contribution is -0.141. The van der Waals surface area contributed by atoms with E-state index in [0.717, 1.165) is 13.0 Å². The molecule has 56 valence electrons. The lowest BCUT2D eigenvalue weighted by Crippen LogP contribution is -2.38. The van der Waals surface area contributed by atoms with Crippen LogP contribution >= 0.6 is 0 Å². The second-order valence-corrected chi connectivity index (χ2v) is 3.23. The zero-order chi connectivity index (χ0) is 7.14. The summed E-state index contributed by atoms with van der Waals surface area (Å²) >= 11 is 0. The van der Waals surface area contributed by atoms with Gasteiger partial charge in [0.2, 0.25) is 0 Å². The Morgan fingerprint density at radius 1 is 1.50 bits per heavy atom. The third-order valence-corrected chi connectivity index (χ3v) is 2.77. The standard InChI is InChI=1S/C7H11NO2/c9-7(10)6-5-2-1-4(5)3-8-6/h4-6,8H,1-3H2,(H,9,10)/t4-,5-,6+/m1/s1. The molecule has 1 aliphatic carbocycles. The number of carboxylic acid groups (broad SMARTS) is 1. The highest BCUT2D eigenvalue weighted by Gasteiger charge is 2.45. The Labute approximate surface area is 59.4 Å². The monoisotopic (exact) mass is 141 g/mol. The van der Waals surface area contributed by atoms with Gasteiger partial charge in [-0.3, -0.25) is 4.79 Å². The second-order valence-electron chi connectivity index (χ2n) is 3.23. The average molecular weight is 141 g/mol. The summed E-state index contributed by atoms with van der Waals surface area (Å²) in [6, 6.07) is -0.237. The average Bonchev–Trinajstić information content (AvgIpc) is 2.07. The SMILES string of the molecule is O=C(O)[C@H]1NC[C@H]2CC[C@H]21. The molecule has 2 aliphatic rings. The Kier molecular flexibility index (Phi) is 1.20. The summed E-state index contributed by atoms with van der Waals surface area (Å²) in [5.41, 5.74) is 0. The molecule has 0 amide bonds. The highest BCUT2D eigenvalue weighted by molar-refractivity contribution is 5.74. The number of rotatable bonds is 1. The number of carbonyl (C=O) groups is 1. The van der Waals surface area contributed by atoms with E-state index in [1.165, 1.54) is 6.42 Å². The van der Waals surface area contributed by atoms with Crippen LogP contribution in [0.2, 0.25) is 0 Å². The van der Waals surface area contributed by atoms with Crippen molar-refractivity contribution in [2.45, 2.75) is 18.9 Å². The van der Waals surface area contributed by atoms with Crippen LogP contribution in [-0.2, 0) is 4.79 Å². The zero-order valence-corrected chi connectivity index (χ0v) is 5.71. The van der Waals surface area contributed by atoms with Crippen LogP contribution in [0.15, 0.2) is 0 Å². The molecule has 2 N–H and O–H groups in total. The Hall–Kier alpha value is -0.570. The number of carboxylic acids is 1. The Balaban J connectivity index is 2.05. The van der Waals surface area contributed by atoms with Gasteiger partial charge in [0, 0.05) is 0 Å². The van der Waals surface area contributed by atoms with Crippen LogP contribution in [0, 0.1) is 11.8 Å². The van der Waals surface area contributed by atoms with Crippen molar-refractivity contribution in [3.8, 4) is 0 Å². The molecule has 0 bridgehead atoms. The predicted octanol–water partition coefficient (Wildman–Crippen LogP) is 0.0690. The fraction of sp³-hybridized carbons (Fsp3) is 0.857. The van der Waals surface area contributed by atoms with Crippen molar-refractivity contribution in [1.29, 1.82) is 0 Å². The lowest BCUT2D eigenvalue weighted by atomic mass is 9.73. The van der Waals surface area contributed by atoms with Crippen molar-refractivity contribution >= 4 is 5.97 Å². The number of aliphatic carboxylic acids is 1. The Bertz CT molecular complexity index is 169. The van der Waals surface area contributed by atoms with Crippen LogP contribution in [0.5, 0.6) is 0 Å². The maximum Gasteiger partial charge on any atom is 0.320 e. The summed E-state index contributed by atoms with van der Waals surface area (Å²) in [7, 11) is 0. The van der Waals surface area contributed by atoms with E-state index in [4.69, 9.17) is 5.11 Å². The van der Waals surface area contributed by atoms with Crippen molar-refractivity contribution in [2.24, 2.45) is 11.8 Å². The van der Waals surface area contributed by atoms with Crippen LogP contribution in [0.4, 0.5) is 0 Å². The maximum atomic E-state index is 10.5. The van der Waals surface area contributed by atoms with Gasteiger partial charge in [-0.1, -0.05) is 0 Å². The van der Waals surface area contributed by atoms with Gasteiger partial charge in [-0.2, -0.15) is 0 Å². The molecule has 1 saturated heterocycles. The van der Waals surface area contributed by atoms with Crippen molar-refractivity contribution in [3.05, 3.63) is 0 Å². The molecule has 1 aliphatic heterocycles. The van der Waals surface area contributed by atoms with Crippen LogP contribution in [0.1, 0.15) is 12.8 Å². The highest BCUT2D eigenvalue weighted by Crippen LogP contribution is 2.40. The molecular weight excluding hydrogens is 130 g/mol. The van der Waals surface area contributed by atoms with E-state index in [-0.39, 0.29) is 6.04 Å². The molecule has 2 fully saturated rings. The molecule has 0 unspecified atom stereocenters. The van der Waals surface area contributed by atoms with Gasteiger partial charge in [0.15, 0.2) is 0 Å². The molecule has 3 nitrogen and oxygen atoms in total. The first-order valence-corrected chi connectivity index (χ1v) is 3.75. The van der Waals surface area contributed by atoms with E-state index in [9.17, 15) is 4.79 Å². The third kappa shape index (κ3) is 0.669. The Morgan fingerprint density at radius 2 is 2.30 bits per heavy atom. The molecule has 0 spiro atoms. The minimum absolute atomic E-state index is 0.237. The first-order chi connectivity index (χ1) is 4.79. The molecule has 0 aromatic heterocycles. The van der Waals surface area contributed by atoms with E-state index in [1.807, 2.05) is 0 Å². The van der Waals surface area contributed by atoms with Gasteiger partial charge in [-0.25, -0.2) is 0 Å². The molecular formula is C7H11NO2. The smallest absolute Gasteiger partial charge is 0.320 e. The topological polar surface area (TPSA) is 49.3 Å². The molecule has 1 saturated carbocycles. The first-order valence-electron chi connectivity index (χ1n) is 3.75. The number of hydrogen-bond donors (Lipinski definition) is 2. The number of hydrogen-bond acceptors (Lipinski definition) is 2. The third-order valence-electron chi connectivity index (χ3n) is 2.77. The van der Waals surface area contributed by atoms with Gasteiger partial charge >= 0.3 is 5.97 Å².